The Morgan fingerprint density at radius 3 is 2.82 bits per heavy atom. The third kappa shape index (κ3) is 7.54. The highest BCUT2D eigenvalue weighted by Gasteiger charge is 2.26. The van der Waals surface area contributed by atoms with Crippen LogP contribution in [0.5, 0.6) is 0 Å². The molecule has 0 spiro atoms. The summed E-state index contributed by atoms with van der Waals surface area (Å²) in [5.41, 5.74) is 0. The summed E-state index contributed by atoms with van der Waals surface area (Å²) >= 11 is 0. The molecule has 0 aliphatic carbocycles. The van der Waals surface area contributed by atoms with Crippen LogP contribution in [-0.4, -0.2) is 56.4 Å². The second-order valence-corrected chi connectivity index (χ2v) is 4.07. The van der Waals surface area contributed by atoms with Gasteiger partial charge in [-0.25, -0.2) is 0 Å². The molecular formula is C10H18F3NO3. The number of halogens is 3. The topological polar surface area (TPSA) is 50.7 Å². The van der Waals surface area contributed by atoms with E-state index in [-0.39, 0.29) is 19.3 Å². The van der Waals surface area contributed by atoms with Gasteiger partial charge < -0.3 is 19.9 Å². The zero-order valence-electron chi connectivity index (χ0n) is 9.50. The van der Waals surface area contributed by atoms with Gasteiger partial charge in [0.25, 0.3) is 0 Å². The lowest BCUT2D eigenvalue weighted by atomic mass is 10.2. The van der Waals surface area contributed by atoms with E-state index < -0.39 is 18.8 Å². The van der Waals surface area contributed by atoms with Gasteiger partial charge in [-0.15, -0.1) is 0 Å². The first-order valence-electron chi connectivity index (χ1n) is 5.62. The van der Waals surface area contributed by atoms with Gasteiger partial charge in [0.15, 0.2) is 0 Å². The molecular weight excluding hydrogens is 239 g/mol. The molecule has 1 heterocycles. The summed E-state index contributed by atoms with van der Waals surface area (Å²) in [4.78, 5) is 0. The van der Waals surface area contributed by atoms with Crippen LogP contribution in [0.4, 0.5) is 13.2 Å². The van der Waals surface area contributed by atoms with Gasteiger partial charge in [0.05, 0.1) is 32.0 Å². The lowest BCUT2D eigenvalue weighted by Crippen LogP contribution is -2.36. The van der Waals surface area contributed by atoms with Crippen molar-refractivity contribution in [2.75, 3.05) is 32.9 Å². The van der Waals surface area contributed by atoms with E-state index in [2.05, 4.69) is 5.32 Å². The molecule has 2 unspecified atom stereocenters. The van der Waals surface area contributed by atoms with E-state index in [4.69, 9.17) is 9.47 Å². The van der Waals surface area contributed by atoms with Crippen molar-refractivity contribution in [2.45, 2.75) is 31.2 Å². The van der Waals surface area contributed by atoms with Gasteiger partial charge in [-0.05, 0) is 12.8 Å². The first kappa shape index (κ1) is 14.7. The molecule has 0 aromatic carbocycles. The summed E-state index contributed by atoms with van der Waals surface area (Å²) < 4.78 is 45.8. The third-order valence-electron chi connectivity index (χ3n) is 2.34. The Morgan fingerprint density at radius 2 is 2.24 bits per heavy atom. The largest absolute Gasteiger partial charge is 0.401 e. The Hall–Kier alpha value is -0.370. The van der Waals surface area contributed by atoms with Crippen molar-refractivity contribution >= 4 is 0 Å². The van der Waals surface area contributed by atoms with Gasteiger partial charge in [-0.3, -0.25) is 0 Å². The smallest absolute Gasteiger partial charge is 0.389 e. The predicted octanol–water partition coefficient (Wildman–Crippen LogP) is 0.695. The van der Waals surface area contributed by atoms with Crippen molar-refractivity contribution in [2.24, 2.45) is 0 Å². The van der Waals surface area contributed by atoms with E-state index in [1.54, 1.807) is 0 Å². The van der Waals surface area contributed by atoms with E-state index in [1.165, 1.54) is 0 Å². The fraction of sp³-hybridized carbons (Fsp3) is 1.00. The summed E-state index contributed by atoms with van der Waals surface area (Å²) in [5.74, 6) is 0. The van der Waals surface area contributed by atoms with Gasteiger partial charge in [-0.2, -0.15) is 13.2 Å². The minimum absolute atomic E-state index is 0.0186. The molecule has 4 nitrogen and oxygen atoms in total. The molecule has 0 aromatic heterocycles. The van der Waals surface area contributed by atoms with Crippen LogP contribution >= 0.6 is 0 Å². The molecule has 1 aliphatic heterocycles. The average molecular weight is 257 g/mol. The van der Waals surface area contributed by atoms with Crippen molar-refractivity contribution in [3.8, 4) is 0 Å². The molecule has 7 heteroatoms. The van der Waals surface area contributed by atoms with E-state index in [0.29, 0.717) is 6.61 Å². The zero-order valence-corrected chi connectivity index (χ0v) is 9.50. The molecule has 17 heavy (non-hydrogen) atoms. The number of aliphatic hydroxyl groups excluding tert-OH is 1. The number of nitrogens with one attached hydrogen (secondary N) is 1. The van der Waals surface area contributed by atoms with Gasteiger partial charge in [0.1, 0.15) is 0 Å². The summed E-state index contributed by atoms with van der Waals surface area (Å²) in [6, 6.07) is 0. The summed E-state index contributed by atoms with van der Waals surface area (Å²) in [7, 11) is 0. The van der Waals surface area contributed by atoms with Crippen molar-refractivity contribution in [3.05, 3.63) is 0 Å². The quantitative estimate of drug-likeness (QED) is 0.704. The van der Waals surface area contributed by atoms with Crippen LogP contribution in [0, 0.1) is 0 Å². The summed E-state index contributed by atoms with van der Waals surface area (Å²) in [6.07, 6.45) is -3.19. The minimum Gasteiger partial charge on any atom is -0.389 e. The molecule has 0 saturated carbocycles. The standard InChI is InChI=1S/C10H18F3NO3/c11-10(12,13)7-14-4-8(15)5-16-6-9-2-1-3-17-9/h8-9,14-15H,1-7H2. The molecule has 0 radical (unpaired) electrons. The molecule has 2 atom stereocenters. The van der Waals surface area contributed by atoms with Gasteiger partial charge in [0, 0.05) is 13.2 Å². The number of hydrogen-bond donors (Lipinski definition) is 2. The van der Waals surface area contributed by atoms with Crippen LogP contribution in [0.25, 0.3) is 0 Å². The van der Waals surface area contributed by atoms with Crippen LogP contribution in [0.2, 0.25) is 0 Å². The molecule has 1 aliphatic rings. The van der Waals surface area contributed by atoms with E-state index in [9.17, 15) is 18.3 Å². The summed E-state index contributed by atoms with van der Waals surface area (Å²) in [5, 5.41) is 11.4. The van der Waals surface area contributed by atoms with Crippen molar-refractivity contribution in [1.29, 1.82) is 0 Å². The van der Waals surface area contributed by atoms with Gasteiger partial charge in [-0.1, -0.05) is 0 Å². The Kier molecular flexibility index (Phi) is 6.18. The van der Waals surface area contributed by atoms with E-state index >= 15 is 0 Å². The fourth-order valence-electron chi connectivity index (χ4n) is 1.55. The van der Waals surface area contributed by atoms with Crippen molar-refractivity contribution in [1.82, 2.24) is 5.32 Å². The first-order chi connectivity index (χ1) is 7.97. The fourth-order valence-corrected chi connectivity index (χ4v) is 1.55. The Balaban J connectivity index is 1.95. The number of hydrogen-bond acceptors (Lipinski definition) is 4. The van der Waals surface area contributed by atoms with Crippen LogP contribution in [0.3, 0.4) is 0 Å². The Labute approximate surface area is 98.1 Å². The van der Waals surface area contributed by atoms with E-state index in [0.717, 1.165) is 19.4 Å². The number of alkyl halides is 3. The monoisotopic (exact) mass is 257 g/mol. The minimum atomic E-state index is -4.25. The Morgan fingerprint density at radius 1 is 1.47 bits per heavy atom. The molecule has 1 saturated heterocycles. The average Bonchev–Trinajstić information content (AvgIpc) is 2.68. The van der Waals surface area contributed by atoms with Crippen molar-refractivity contribution < 1.29 is 27.8 Å². The zero-order chi connectivity index (χ0) is 12.7. The number of aliphatic hydroxyl groups is 1. The van der Waals surface area contributed by atoms with Crippen LogP contribution < -0.4 is 5.32 Å². The second-order valence-electron chi connectivity index (χ2n) is 4.07. The van der Waals surface area contributed by atoms with Crippen LogP contribution in [0.15, 0.2) is 0 Å². The lowest BCUT2D eigenvalue weighted by molar-refractivity contribution is -0.126. The number of ether oxygens (including phenoxy) is 2. The van der Waals surface area contributed by atoms with Crippen LogP contribution in [0.1, 0.15) is 12.8 Å². The SMILES string of the molecule is OC(CNCC(F)(F)F)COCC1CCCO1. The molecule has 102 valence electrons. The Bertz CT molecular complexity index is 207. The van der Waals surface area contributed by atoms with E-state index in [1.807, 2.05) is 0 Å². The summed E-state index contributed by atoms with van der Waals surface area (Å²) in [6.45, 7) is -0.106. The first-order valence-corrected chi connectivity index (χ1v) is 5.62. The molecule has 0 aromatic rings. The number of rotatable bonds is 7. The maximum Gasteiger partial charge on any atom is 0.401 e. The van der Waals surface area contributed by atoms with Crippen LogP contribution in [-0.2, 0) is 9.47 Å². The molecule has 1 rings (SSSR count). The third-order valence-corrected chi connectivity index (χ3v) is 2.34. The molecule has 0 amide bonds. The molecule has 0 bridgehead atoms. The van der Waals surface area contributed by atoms with Gasteiger partial charge >= 0.3 is 6.18 Å². The maximum absolute atomic E-state index is 11.8. The van der Waals surface area contributed by atoms with Gasteiger partial charge in [0.2, 0.25) is 0 Å². The normalized spacial score (nSPS) is 22.9. The second kappa shape index (κ2) is 7.15. The maximum atomic E-state index is 11.8. The highest BCUT2D eigenvalue weighted by molar-refractivity contribution is 4.65. The highest BCUT2D eigenvalue weighted by Crippen LogP contribution is 2.12. The molecule has 1 fully saturated rings. The predicted molar refractivity (Wildman–Crippen MR) is 54.7 cm³/mol. The molecule has 2 N–H and O–H groups in total. The highest BCUT2D eigenvalue weighted by atomic mass is 19.4. The lowest BCUT2D eigenvalue weighted by Gasteiger charge is -2.15. The van der Waals surface area contributed by atoms with Crippen molar-refractivity contribution in [3.63, 3.8) is 0 Å².